The van der Waals surface area contributed by atoms with E-state index in [1.807, 2.05) is 6.07 Å². The van der Waals surface area contributed by atoms with E-state index in [1.54, 1.807) is 0 Å². The molecule has 0 aromatic heterocycles. The fraction of sp³-hybridized carbons (Fsp3) is 0.760. The Balaban J connectivity index is 1.66. The van der Waals surface area contributed by atoms with Crippen LogP contribution in [-0.2, 0) is 19.5 Å². The van der Waals surface area contributed by atoms with Gasteiger partial charge >= 0.3 is 0 Å². The zero-order valence-corrected chi connectivity index (χ0v) is 18.9. The summed E-state index contributed by atoms with van der Waals surface area (Å²) in [6, 6.07) is 1.93. The number of aliphatic hydroxyl groups excluding tert-OH is 2. The molecule has 2 aliphatic carbocycles. The molecule has 30 heavy (non-hydrogen) atoms. The van der Waals surface area contributed by atoms with Gasteiger partial charge in [0.2, 0.25) is 0 Å². The second kappa shape index (κ2) is 6.60. The Labute approximate surface area is 180 Å². The number of ether oxygens (including phenoxy) is 1. The van der Waals surface area contributed by atoms with Crippen LogP contribution in [0.3, 0.4) is 0 Å². The normalized spacial score (nSPS) is 39.5. The van der Waals surface area contributed by atoms with Crippen molar-refractivity contribution >= 4 is 0 Å². The molecule has 1 spiro atoms. The Bertz CT molecular complexity index is 867. The maximum Gasteiger partial charge on any atom is 0.131 e. The van der Waals surface area contributed by atoms with Crippen LogP contribution < -0.4 is 4.74 Å². The molecule has 2 saturated carbocycles. The number of β-amino-alcohol motifs (C(OH)–C–C–N with tert-alkyl or cyclic N) is 1. The Morgan fingerprint density at radius 2 is 1.90 bits per heavy atom. The fourth-order valence-corrected chi connectivity index (χ4v) is 7.50. The first-order valence-corrected chi connectivity index (χ1v) is 11.7. The number of aliphatic hydroxyl groups is 2. The van der Waals surface area contributed by atoms with Crippen LogP contribution in [0.4, 0.5) is 0 Å². The van der Waals surface area contributed by atoms with Crippen molar-refractivity contribution in [3.63, 3.8) is 0 Å². The molecule has 166 valence electrons. The molecule has 2 aliphatic heterocycles. The van der Waals surface area contributed by atoms with Gasteiger partial charge in [0.1, 0.15) is 17.1 Å². The largest absolute Gasteiger partial charge is 0.508 e. The minimum absolute atomic E-state index is 0.0740. The van der Waals surface area contributed by atoms with E-state index in [0.29, 0.717) is 18.2 Å². The highest BCUT2D eigenvalue weighted by Crippen LogP contribution is 2.66. The molecular formula is C25H37NO4. The first-order chi connectivity index (χ1) is 14.1. The van der Waals surface area contributed by atoms with Crippen LogP contribution in [-0.4, -0.2) is 45.1 Å². The number of phenolic OH excluding ortho intramolecular Hbond substituents is 1. The lowest BCUT2D eigenvalue weighted by atomic mass is 9.43. The summed E-state index contributed by atoms with van der Waals surface area (Å²) in [5.41, 5.74) is 2.69. The summed E-state index contributed by atoms with van der Waals surface area (Å²) in [6.07, 6.45) is 4.37. The number of nitrogens with zero attached hydrogens (tertiary/aromatic N) is 1. The summed E-state index contributed by atoms with van der Waals surface area (Å²) < 4.78 is 7.17. The van der Waals surface area contributed by atoms with Crippen molar-refractivity contribution in [3.8, 4) is 11.5 Å². The smallest absolute Gasteiger partial charge is 0.131 e. The zero-order valence-electron chi connectivity index (χ0n) is 18.9. The Morgan fingerprint density at radius 3 is 2.63 bits per heavy atom. The van der Waals surface area contributed by atoms with Gasteiger partial charge in [0.15, 0.2) is 0 Å². The van der Waals surface area contributed by atoms with Crippen molar-refractivity contribution in [1.29, 1.82) is 0 Å². The molecule has 2 fully saturated rings. The maximum atomic E-state index is 11.0. The van der Waals surface area contributed by atoms with E-state index in [2.05, 4.69) is 32.6 Å². The molecule has 2 heterocycles. The van der Waals surface area contributed by atoms with E-state index in [4.69, 9.17) is 4.74 Å². The average Bonchev–Trinajstić information content (AvgIpc) is 3.08. The number of rotatable bonds is 2. The number of hydrogen-bond donors (Lipinski definition) is 3. The van der Waals surface area contributed by atoms with E-state index < -0.39 is 0 Å². The summed E-state index contributed by atoms with van der Waals surface area (Å²) in [5.74, 6) is 2.03. The van der Waals surface area contributed by atoms with Gasteiger partial charge in [-0.25, -0.2) is 0 Å². The quantitative estimate of drug-likeness (QED) is 0.688. The third kappa shape index (κ3) is 2.52. The predicted molar refractivity (Wildman–Crippen MR) is 115 cm³/mol. The van der Waals surface area contributed by atoms with E-state index in [1.165, 1.54) is 5.56 Å². The highest BCUT2D eigenvalue weighted by molar-refractivity contribution is 5.57. The predicted octanol–water partition coefficient (Wildman–Crippen LogP) is 3.61. The van der Waals surface area contributed by atoms with Crippen LogP contribution in [0, 0.1) is 22.7 Å². The number of phenols is 1. The topological polar surface area (TPSA) is 73.2 Å². The van der Waals surface area contributed by atoms with Crippen molar-refractivity contribution < 1.29 is 20.1 Å². The van der Waals surface area contributed by atoms with Crippen molar-refractivity contribution in [2.75, 3.05) is 13.2 Å². The minimum atomic E-state index is -0.313. The molecular weight excluding hydrogens is 378 g/mol. The molecule has 0 amide bonds. The standard InChI is InChI=1S/C25H37NO4/c1-15-5-6-20-23(2,3)21(29)7-8-25(20)24(15,4)12-17-19(28)11-16-13-26(9-10-27)14-18(16)22(17)30-25/h11,15,20-21,27-29H,5-10,12-14H2,1-4H3/t15-,20-,21-,24+,25-/m0/s1. The molecule has 5 atom stereocenters. The molecule has 5 heteroatoms. The van der Waals surface area contributed by atoms with Crippen molar-refractivity contribution in [2.45, 2.75) is 84.6 Å². The number of fused-ring (bicyclic) bond motifs is 3. The van der Waals surface area contributed by atoms with Gasteiger partial charge in [-0.2, -0.15) is 0 Å². The summed E-state index contributed by atoms with van der Waals surface area (Å²) in [4.78, 5) is 2.22. The van der Waals surface area contributed by atoms with Crippen molar-refractivity contribution in [1.82, 2.24) is 4.90 Å². The lowest BCUT2D eigenvalue weighted by molar-refractivity contribution is -0.233. The Hall–Kier alpha value is -1.30. The van der Waals surface area contributed by atoms with Gasteiger partial charge in [-0.15, -0.1) is 0 Å². The average molecular weight is 416 g/mol. The second-order valence-electron chi connectivity index (χ2n) is 11.3. The highest BCUT2D eigenvalue weighted by atomic mass is 16.5. The minimum Gasteiger partial charge on any atom is -0.508 e. The van der Waals surface area contributed by atoms with E-state index in [9.17, 15) is 15.3 Å². The van der Waals surface area contributed by atoms with Gasteiger partial charge in [0, 0.05) is 42.1 Å². The van der Waals surface area contributed by atoms with Gasteiger partial charge in [-0.3, -0.25) is 4.90 Å². The number of hydrogen-bond acceptors (Lipinski definition) is 5. The lowest BCUT2D eigenvalue weighted by Gasteiger charge is -2.67. The second-order valence-corrected chi connectivity index (χ2v) is 11.3. The number of aromatic hydroxyl groups is 1. The first kappa shape index (κ1) is 20.6. The molecule has 1 aromatic carbocycles. The fourth-order valence-electron chi connectivity index (χ4n) is 7.50. The first-order valence-electron chi connectivity index (χ1n) is 11.7. The van der Waals surface area contributed by atoms with Crippen molar-refractivity contribution in [3.05, 3.63) is 22.8 Å². The third-order valence-corrected chi connectivity index (χ3v) is 9.63. The van der Waals surface area contributed by atoms with Crippen LogP contribution in [0.15, 0.2) is 6.07 Å². The Kier molecular flexibility index (Phi) is 4.53. The van der Waals surface area contributed by atoms with Gasteiger partial charge < -0.3 is 20.1 Å². The van der Waals surface area contributed by atoms with E-state index in [0.717, 1.165) is 62.1 Å². The SMILES string of the molecule is C[C@H]1CC[C@H]2C(C)(C)[C@@H](O)CC[C@]23Oc2c(c(O)cc4c2CN(CCO)C4)C[C@]13C. The molecule has 5 nitrogen and oxygen atoms in total. The highest BCUT2D eigenvalue weighted by Gasteiger charge is 2.67. The van der Waals surface area contributed by atoms with Crippen LogP contribution in [0.25, 0.3) is 0 Å². The van der Waals surface area contributed by atoms with Crippen LogP contribution in [0.2, 0.25) is 0 Å². The maximum absolute atomic E-state index is 11.0. The number of benzene rings is 1. The molecule has 3 N–H and O–H groups in total. The summed E-state index contributed by atoms with van der Waals surface area (Å²) in [5, 5.41) is 31.3. The van der Waals surface area contributed by atoms with Crippen LogP contribution in [0.5, 0.6) is 11.5 Å². The molecule has 1 aromatic rings. The van der Waals surface area contributed by atoms with Crippen LogP contribution in [0.1, 0.15) is 70.1 Å². The molecule has 0 bridgehead atoms. The molecule has 0 radical (unpaired) electrons. The zero-order chi connectivity index (χ0) is 21.5. The summed E-state index contributed by atoms with van der Waals surface area (Å²) in [6.45, 7) is 11.4. The molecule has 0 saturated heterocycles. The van der Waals surface area contributed by atoms with E-state index in [-0.39, 0.29) is 35.1 Å². The van der Waals surface area contributed by atoms with Crippen LogP contribution >= 0.6 is 0 Å². The van der Waals surface area contributed by atoms with Gasteiger partial charge in [-0.1, -0.05) is 27.7 Å². The Morgan fingerprint density at radius 1 is 1.13 bits per heavy atom. The van der Waals surface area contributed by atoms with Gasteiger partial charge in [0.05, 0.1) is 12.7 Å². The molecule has 5 rings (SSSR count). The van der Waals surface area contributed by atoms with Gasteiger partial charge in [-0.05, 0) is 55.1 Å². The summed E-state index contributed by atoms with van der Waals surface area (Å²) >= 11 is 0. The van der Waals surface area contributed by atoms with E-state index >= 15 is 0 Å². The monoisotopic (exact) mass is 415 g/mol. The van der Waals surface area contributed by atoms with Gasteiger partial charge in [0.25, 0.3) is 0 Å². The van der Waals surface area contributed by atoms with Crippen molar-refractivity contribution in [2.24, 2.45) is 22.7 Å². The molecule has 4 aliphatic rings. The lowest BCUT2D eigenvalue weighted by Crippen LogP contribution is -2.70. The molecule has 0 unspecified atom stereocenters. The third-order valence-electron chi connectivity index (χ3n) is 9.63. The summed E-state index contributed by atoms with van der Waals surface area (Å²) in [7, 11) is 0.